The zero-order valence-corrected chi connectivity index (χ0v) is 19.1. The lowest BCUT2D eigenvalue weighted by molar-refractivity contribution is 0.400. The molecule has 1 fully saturated rings. The van der Waals surface area contributed by atoms with E-state index in [1.165, 1.54) is 0 Å². The Morgan fingerprint density at radius 1 is 0.939 bits per heavy atom. The molecular weight excluding hydrogens is 434 g/mol. The highest BCUT2D eigenvalue weighted by atomic mass is 32.1. The van der Waals surface area contributed by atoms with Crippen LogP contribution in [0.15, 0.2) is 89.5 Å². The van der Waals surface area contributed by atoms with Gasteiger partial charge in [-0.05, 0) is 48.6 Å². The van der Waals surface area contributed by atoms with E-state index in [-0.39, 0.29) is 12.1 Å². The second kappa shape index (κ2) is 8.96. The van der Waals surface area contributed by atoms with Crippen molar-refractivity contribution in [1.82, 2.24) is 10.3 Å². The van der Waals surface area contributed by atoms with Gasteiger partial charge in [-0.1, -0.05) is 36.4 Å². The largest absolute Gasteiger partial charge is 0.497 e. The van der Waals surface area contributed by atoms with Gasteiger partial charge in [0.15, 0.2) is 5.11 Å². The summed E-state index contributed by atoms with van der Waals surface area (Å²) in [6, 6.07) is 25.0. The lowest BCUT2D eigenvalue weighted by atomic mass is 10.0. The van der Waals surface area contributed by atoms with E-state index >= 15 is 0 Å². The van der Waals surface area contributed by atoms with Crippen LogP contribution in [0.3, 0.4) is 0 Å². The number of nitrogens with zero attached hydrogens (tertiary/aromatic N) is 2. The molecule has 0 aliphatic carbocycles. The van der Waals surface area contributed by atoms with Gasteiger partial charge < -0.3 is 24.1 Å². The first-order valence-electron chi connectivity index (χ1n) is 10.6. The number of ether oxygens (including phenoxy) is 2. The van der Waals surface area contributed by atoms with Crippen molar-refractivity contribution >= 4 is 23.0 Å². The molecule has 2 aromatic heterocycles. The number of thiocarbonyl (C=S) groups is 1. The molecule has 6 nitrogen and oxygen atoms in total. The van der Waals surface area contributed by atoms with Crippen molar-refractivity contribution in [2.75, 3.05) is 19.1 Å². The summed E-state index contributed by atoms with van der Waals surface area (Å²) in [4.78, 5) is 6.61. The van der Waals surface area contributed by atoms with Crippen LogP contribution in [-0.2, 0) is 0 Å². The van der Waals surface area contributed by atoms with Crippen LogP contribution in [0.25, 0.3) is 11.3 Å². The van der Waals surface area contributed by atoms with Gasteiger partial charge in [-0.15, -0.1) is 0 Å². The molecule has 0 saturated carbocycles. The van der Waals surface area contributed by atoms with Gasteiger partial charge in [0.25, 0.3) is 0 Å². The van der Waals surface area contributed by atoms with E-state index in [0.717, 1.165) is 28.5 Å². The molecule has 0 spiro atoms. The number of rotatable bonds is 6. The fourth-order valence-corrected chi connectivity index (χ4v) is 4.50. The molecule has 1 saturated heterocycles. The molecule has 0 amide bonds. The second-order valence-electron chi connectivity index (χ2n) is 7.60. The first-order valence-corrected chi connectivity index (χ1v) is 11.0. The third-order valence-corrected chi connectivity index (χ3v) is 6.03. The number of benzene rings is 2. The maximum Gasteiger partial charge on any atom is 0.174 e. The van der Waals surface area contributed by atoms with Crippen LogP contribution in [-0.4, -0.2) is 24.3 Å². The SMILES string of the molecule is COc1ccc(OC)c(N2C(=S)N[C@@H](c3ccccn3)[C@H]2c2ccc(-c3ccccc3)o2)c1. The Morgan fingerprint density at radius 2 is 1.76 bits per heavy atom. The average Bonchev–Trinajstić information content (AvgIpc) is 3.49. The van der Waals surface area contributed by atoms with Gasteiger partial charge in [0.1, 0.15) is 29.1 Å². The van der Waals surface area contributed by atoms with Gasteiger partial charge in [0, 0.05) is 17.8 Å². The lowest BCUT2D eigenvalue weighted by Crippen LogP contribution is -2.29. The zero-order chi connectivity index (χ0) is 22.8. The number of hydrogen-bond donors (Lipinski definition) is 1. The summed E-state index contributed by atoms with van der Waals surface area (Å²) in [5.74, 6) is 2.95. The highest BCUT2D eigenvalue weighted by Crippen LogP contribution is 2.46. The van der Waals surface area contributed by atoms with Gasteiger partial charge in [0.2, 0.25) is 0 Å². The smallest absolute Gasteiger partial charge is 0.174 e. The number of anilines is 1. The Hall–Kier alpha value is -3.84. The maximum absolute atomic E-state index is 6.39. The van der Waals surface area contributed by atoms with Crippen molar-refractivity contribution in [3.05, 3.63) is 96.5 Å². The molecule has 2 atom stereocenters. The molecule has 1 N–H and O–H groups in total. The minimum absolute atomic E-state index is 0.218. The number of aromatic nitrogens is 1. The van der Waals surface area contributed by atoms with Crippen LogP contribution in [0.5, 0.6) is 11.5 Å². The lowest BCUT2D eigenvalue weighted by Gasteiger charge is -2.27. The third kappa shape index (κ3) is 3.91. The predicted molar refractivity (Wildman–Crippen MR) is 132 cm³/mol. The fraction of sp³-hybridized carbons (Fsp3) is 0.154. The van der Waals surface area contributed by atoms with E-state index in [4.69, 9.17) is 26.1 Å². The molecule has 0 unspecified atom stereocenters. The Morgan fingerprint density at radius 3 is 2.48 bits per heavy atom. The first kappa shape index (κ1) is 21.0. The summed E-state index contributed by atoms with van der Waals surface area (Å²) in [5.41, 5.74) is 2.67. The van der Waals surface area contributed by atoms with E-state index in [2.05, 4.69) is 10.3 Å². The van der Waals surface area contributed by atoms with E-state index in [1.54, 1.807) is 20.4 Å². The van der Waals surface area contributed by atoms with Crippen molar-refractivity contribution in [3.63, 3.8) is 0 Å². The second-order valence-corrected chi connectivity index (χ2v) is 7.99. The van der Waals surface area contributed by atoms with Gasteiger partial charge in [-0.25, -0.2) is 0 Å². The quantitative estimate of drug-likeness (QED) is 0.382. The van der Waals surface area contributed by atoms with Crippen LogP contribution < -0.4 is 19.7 Å². The van der Waals surface area contributed by atoms with Crippen LogP contribution in [0.2, 0.25) is 0 Å². The number of methoxy groups -OCH3 is 2. The molecule has 2 aromatic carbocycles. The summed E-state index contributed by atoms with van der Waals surface area (Å²) < 4.78 is 17.6. The maximum atomic E-state index is 6.39. The van der Waals surface area contributed by atoms with Crippen molar-refractivity contribution in [2.24, 2.45) is 0 Å². The van der Waals surface area contributed by atoms with E-state index < -0.39 is 0 Å². The summed E-state index contributed by atoms with van der Waals surface area (Å²) in [5, 5.41) is 4.00. The zero-order valence-electron chi connectivity index (χ0n) is 18.3. The van der Waals surface area contributed by atoms with E-state index in [1.807, 2.05) is 83.8 Å². The van der Waals surface area contributed by atoms with Gasteiger partial charge in [0.05, 0.1) is 31.6 Å². The molecule has 3 heterocycles. The minimum atomic E-state index is -0.286. The Kier molecular flexibility index (Phi) is 5.71. The number of nitrogens with one attached hydrogen (secondary N) is 1. The van der Waals surface area contributed by atoms with Gasteiger partial charge in [-0.2, -0.15) is 0 Å². The van der Waals surface area contributed by atoms with Crippen molar-refractivity contribution < 1.29 is 13.9 Å². The molecule has 4 aromatic rings. The highest BCUT2D eigenvalue weighted by Gasteiger charge is 2.43. The van der Waals surface area contributed by atoms with Crippen molar-refractivity contribution in [1.29, 1.82) is 0 Å². The average molecular weight is 458 g/mol. The molecule has 0 radical (unpaired) electrons. The Labute approximate surface area is 197 Å². The number of furan rings is 1. The normalized spacial score (nSPS) is 17.6. The Bertz CT molecular complexity index is 1260. The topological polar surface area (TPSA) is 59.8 Å². The summed E-state index contributed by atoms with van der Waals surface area (Å²) >= 11 is 5.81. The first-order chi connectivity index (χ1) is 16.2. The van der Waals surface area contributed by atoms with E-state index in [0.29, 0.717) is 16.6 Å². The van der Waals surface area contributed by atoms with Gasteiger partial charge in [-0.3, -0.25) is 4.98 Å². The van der Waals surface area contributed by atoms with Crippen molar-refractivity contribution in [3.8, 4) is 22.8 Å². The third-order valence-electron chi connectivity index (χ3n) is 5.72. The Balaban J connectivity index is 1.64. The molecular formula is C26H23N3O3S. The number of pyridine rings is 1. The van der Waals surface area contributed by atoms with Crippen molar-refractivity contribution in [2.45, 2.75) is 12.1 Å². The van der Waals surface area contributed by atoms with Crippen LogP contribution >= 0.6 is 12.2 Å². The van der Waals surface area contributed by atoms with E-state index in [9.17, 15) is 0 Å². The summed E-state index contributed by atoms with van der Waals surface area (Å²) in [6.45, 7) is 0. The summed E-state index contributed by atoms with van der Waals surface area (Å²) in [7, 11) is 3.28. The highest BCUT2D eigenvalue weighted by molar-refractivity contribution is 7.80. The molecule has 5 rings (SSSR count). The molecule has 33 heavy (non-hydrogen) atoms. The van der Waals surface area contributed by atoms with Gasteiger partial charge >= 0.3 is 0 Å². The number of hydrogen-bond acceptors (Lipinski definition) is 5. The molecule has 1 aliphatic rings. The molecule has 166 valence electrons. The monoisotopic (exact) mass is 457 g/mol. The predicted octanol–water partition coefficient (Wildman–Crippen LogP) is 5.54. The molecule has 7 heteroatoms. The molecule has 0 bridgehead atoms. The molecule has 1 aliphatic heterocycles. The van der Waals surface area contributed by atoms with Crippen LogP contribution in [0.1, 0.15) is 23.5 Å². The summed E-state index contributed by atoms with van der Waals surface area (Å²) in [6.07, 6.45) is 1.78. The standard InChI is InChI=1S/C26H23N3O3S/c1-30-18-11-12-22(31-2)20(16-18)29-25(24(28-26(29)33)19-10-6-7-15-27-19)23-14-13-21(32-23)17-8-4-3-5-9-17/h3-16,24-25H,1-2H3,(H,28,33)/t24-,25+/m0/s1. The minimum Gasteiger partial charge on any atom is -0.497 e. The van der Waals surface area contributed by atoms with Crippen LogP contribution in [0.4, 0.5) is 5.69 Å². The fourth-order valence-electron chi connectivity index (χ4n) is 4.16. The van der Waals surface area contributed by atoms with Crippen LogP contribution in [0, 0.1) is 0 Å².